The minimum absolute atomic E-state index is 0.121. The molecule has 3 N–H and O–H groups in total. The molecule has 102 valence electrons. The lowest BCUT2D eigenvalue weighted by atomic mass is 9.83. The summed E-state index contributed by atoms with van der Waals surface area (Å²) in [5, 5.41) is 9.04. The second-order valence-corrected chi connectivity index (χ2v) is 5.38. The van der Waals surface area contributed by atoms with E-state index in [1.165, 1.54) is 0 Å². The molecule has 2 amide bonds. The van der Waals surface area contributed by atoms with E-state index < -0.39 is 0 Å². The van der Waals surface area contributed by atoms with Gasteiger partial charge in [0.15, 0.2) is 0 Å². The fraction of sp³-hybridized carbons (Fsp3) is 0.846. The van der Waals surface area contributed by atoms with E-state index in [4.69, 9.17) is 0 Å². The van der Waals surface area contributed by atoms with E-state index in [0.717, 1.165) is 38.8 Å². The van der Waals surface area contributed by atoms with Crippen LogP contribution in [0.1, 0.15) is 32.6 Å². The lowest BCUT2D eigenvalue weighted by molar-refractivity contribution is -0.130. The molecular weight excluding hydrogens is 230 g/mol. The van der Waals surface area contributed by atoms with E-state index in [9.17, 15) is 9.59 Å². The summed E-state index contributed by atoms with van der Waals surface area (Å²) in [6.45, 7) is 4.80. The van der Waals surface area contributed by atoms with Crippen LogP contribution in [-0.2, 0) is 9.59 Å². The molecule has 0 radical (unpaired) electrons. The van der Waals surface area contributed by atoms with Crippen LogP contribution in [0.4, 0.5) is 0 Å². The molecule has 1 saturated heterocycles. The van der Waals surface area contributed by atoms with Crippen molar-refractivity contribution in [2.45, 2.75) is 32.6 Å². The first kappa shape index (κ1) is 13.3. The van der Waals surface area contributed by atoms with Crippen LogP contribution in [0.5, 0.6) is 0 Å². The number of hydrogen-bond donors (Lipinski definition) is 3. The van der Waals surface area contributed by atoms with Crippen molar-refractivity contribution in [1.29, 1.82) is 0 Å². The monoisotopic (exact) mass is 253 g/mol. The van der Waals surface area contributed by atoms with Gasteiger partial charge in [0.2, 0.25) is 11.8 Å². The summed E-state index contributed by atoms with van der Waals surface area (Å²) in [6, 6.07) is 0. The zero-order valence-electron chi connectivity index (χ0n) is 11.1. The smallest absolute Gasteiger partial charge is 0.227 e. The molecule has 1 aliphatic carbocycles. The quantitative estimate of drug-likeness (QED) is 0.584. The molecule has 5 heteroatoms. The molecule has 2 rings (SSSR count). The normalized spacial score (nSPS) is 26.9. The Balaban J connectivity index is 1.66. The van der Waals surface area contributed by atoms with Crippen molar-refractivity contribution in [2.75, 3.05) is 26.2 Å². The van der Waals surface area contributed by atoms with E-state index in [2.05, 4.69) is 22.9 Å². The first-order valence-corrected chi connectivity index (χ1v) is 6.95. The molecule has 1 saturated carbocycles. The maximum Gasteiger partial charge on any atom is 0.227 e. The van der Waals surface area contributed by atoms with E-state index in [0.29, 0.717) is 13.1 Å². The first-order chi connectivity index (χ1) is 8.68. The molecule has 1 unspecified atom stereocenters. The van der Waals surface area contributed by atoms with Gasteiger partial charge in [-0.05, 0) is 32.2 Å². The van der Waals surface area contributed by atoms with Crippen LogP contribution in [0.15, 0.2) is 0 Å². The zero-order chi connectivity index (χ0) is 13.0. The Bertz CT molecular complexity index is 320. The van der Waals surface area contributed by atoms with E-state index in [-0.39, 0.29) is 23.1 Å². The summed E-state index contributed by atoms with van der Waals surface area (Å²) in [6.07, 6.45) is 3.80. The van der Waals surface area contributed by atoms with Crippen LogP contribution in [0, 0.1) is 11.3 Å². The SMILES string of the molecule is CCC1(C(=O)NCCNC(=O)C2CC2)CCNC1. The predicted octanol–water partition coefficient (Wildman–Crippen LogP) is 0.0185. The average Bonchev–Trinajstić information content (AvgIpc) is 3.12. The maximum absolute atomic E-state index is 12.1. The van der Waals surface area contributed by atoms with Crippen molar-refractivity contribution in [3.05, 3.63) is 0 Å². The summed E-state index contributed by atoms with van der Waals surface area (Å²) < 4.78 is 0. The van der Waals surface area contributed by atoms with Crippen LogP contribution in [0.25, 0.3) is 0 Å². The molecular formula is C13H23N3O2. The van der Waals surface area contributed by atoms with Gasteiger partial charge in [-0.25, -0.2) is 0 Å². The minimum atomic E-state index is -0.236. The third-order valence-electron chi connectivity index (χ3n) is 4.06. The van der Waals surface area contributed by atoms with Crippen molar-refractivity contribution in [1.82, 2.24) is 16.0 Å². The van der Waals surface area contributed by atoms with Gasteiger partial charge in [0.25, 0.3) is 0 Å². The number of nitrogens with one attached hydrogen (secondary N) is 3. The second kappa shape index (κ2) is 5.69. The molecule has 18 heavy (non-hydrogen) atoms. The molecule has 1 aliphatic heterocycles. The number of hydrogen-bond acceptors (Lipinski definition) is 3. The van der Waals surface area contributed by atoms with Gasteiger partial charge in [0.1, 0.15) is 0 Å². The standard InChI is InChI=1S/C13H23N3O2/c1-2-13(5-6-14-9-13)12(18)16-8-7-15-11(17)10-3-4-10/h10,14H,2-9H2,1H3,(H,15,17)(H,16,18). The van der Waals surface area contributed by atoms with Gasteiger partial charge in [0.05, 0.1) is 5.41 Å². The molecule has 1 heterocycles. The molecule has 0 aromatic carbocycles. The summed E-state index contributed by atoms with van der Waals surface area (Å²) >= 11 is 0. The molecule has 2 fully saturated rings. The fourth-order valence-electron chi connectivity index (χ4n) is 2.44. The third kappa shape index (κ3) is 3.02. The molecule has 0 aromatic heterocycles. The van der Waals surface area contributed by atoms with Crippen molar-refractivity contribution in [3.8, 4) is 0 Å². The number of carbonyl (C=O) groups excluding carboxylic acids is 2. The number of amides is 2. The highest BCUT2D eigenvalue weighted by molar-refractivity contribution is 5.83. The number of carbonyl (C=O) groups is 2. The maximum atomic E-state index is 12.1. The van der Waals surface area contributed by atoms with Gasteiger partial charge in [-0.2, -0.15) is 0 Å². The second-order valence-electron chi connectivity index (χ2n) is 5.38. The summed E-state index contributed by atoms with van der Waals surface area (Å²) in [5.74, 6) is 0.495. The lowest BCUT2D eigenvalue weighted by Gasteiger charge is -2.25. The molecule has 0 bridgehead atoms. The average molecular weight is 253 g/mol. The highest BCUT2D eigenvalue weighted by Gasteiger charge is 2.39. The van der Waals surface area contributed by atoms with Gasteiger partial charge in [-0.15, -0.1) is 0 Å². The van der Waals surface area contributed by atoms with Crippen LogP contribution in [0.3, 0.4) is 0 Å². The lowest BCUT2D eigenvalue weighted by Crippen LogP contribution is -2.44. The van der Waals surface area contributed by atoms with Crippen molar-refractivity contribution in [2.24, 2.45) is 11.3 Å². The molecule has 0 aromatic rings. The summed E-state index contributed by atoms with van der Waals surface area (Å²) in [4.78, 5) is 23.5. The van der Waals surface area contributed by atoms with Gasteiger partial charge in [-0.3, -0.25) is 9.59 Å². The molecule has 0 spiro atoms. The van der Waals surface area contributed by atoms with Gasteiger partial charge >= 0.3 is 0 Å². The van der Waals surface area contributed by atoms with Crippen LogP contribution in [-0.4, -0.2) is 38.0 Å². The van der Waals surface area contributed by atoms with E-state index in [1.807, 2.05) is 0 Å². The zero-order valence-corrected chi connectivity index (χ0v) is 11.1. The third-order valence-corrected chi connectivity index (χ3v) is 4.06. The highest BCUT2D eigenvalue weighted by atomic mass is 16.2. The Kier molecular flexibility index (Phi) is 4.22. The fourth-order valence-corrected chi connectivity index (χ4v) is 2.44. The van der Waals surface area contributed by atoms with Crippen LogP contribution >= 0.6 is 0 Å². The van der Waals surface area contributed by atoms with Crippen molar-refractivity contribution >= 4 is 11.8 Å². The van der Waals surface area contributed by atoms with E-state index >= 15 is 0 Å². The molecule has 5 nitrogen and oxygen atoms in total. The van der Waals surface area contributed by atoms with Crippen molar-refractivity contribution < 1.29 is 9.59 Å². The first-order valence-electron chi connectivity index (χ1n) is 6.95. The number of rotatable bonds is 6. The summed E-state index contributed by atoms with van der Waals surface area (Å²) in [7, 11) is 0. The summed E-state index contributed by atoms with van der Waals surface area (Å²) in [5.41, 5.74) is -0.236. The largest absolute Gasteiger partial charge is 0.354 e. The Hall–Kier alpha value is -1.10. The van der Waals surface area contributed by atoms with Crippen LogP contribution < -0.4 is 16.0 Å². The van der Waals surface area contributed by atoms with Gasteiger partial charge in [-0.1, -0.05) is 6.92 Å². The molecule has 1 atom stereocenters. The molecule has 2 aliphatic rings. The minimum Gasteiger partial charge on any atom is -0.354 e. The van der Waals surface area contributed by atoms with Gasteiger partial charge in [0, 0.05) is 25.6 Å². The Morgan fingerprint density at radius 3 is 2.56 bits per heavy atom. The van der Waals surface area contributed by atoms with E-state index in [1.54, 1.807) is 0 Å². The Morgan fingerprint density at radius 2 is 2.00 bits per heavy atom. The topological polar surface area (TPSA) is 70.2 Å². The van der Waals surface area contributed by atoms with Crippen molar-refractivity contribution in [3.63, 3.8) is 0 Å². The predicted molar refractivity (Wildman–Crippen MR) is 69.0 cm³/mol. The van der Waals surface area contributed by atoms with Crippen LogP contribution in [0.2, 0.25) is 0 Å². The van der Waals surface area contributed by atoms with Gasteiger partial charge < -0.3 is 16.0 Å². The Labute approximate surface area is 108 Å². The highest BCUT2D eigenvalue weighted by Crippen LogP contribution is 2.29. The Morgan fingerprint density at radius 1 is 1.28 bits per heavy atom.